The van der Waals surface area contributed by atoms with Gasteiger partial charge in [-0.3, -0.25) is 0 Å². The number of halogens is 2. The Morgan fingerprint density at radius 1 is 1.56 bits per heavy atom. The second-order valence-electron chi connectivity index (χ2n) is 1.48. The number of aromatic nitrogens is 1. The first-order valence-corrected chi connectivity index (χ1v) is 3.44. The van der Waals surface area contributed by atoms with Gasteiger partial charge in [0.1, 0.15) is 0 Å². The van der Waals surface area contributed by atoms with Gasteiger partial charge in [0.25, 0.3) is 0 Å². The van der Waals surface area contributed by atoms with E-state index in [1.165, 1.54) is 6.20 Å². The minimum absolute atomic E-state index is 0.216. The minimum atomic E-state index is -0.403. The van der Waals surface area contributed by atoms with Crippen LogP contribution in [-0.2, 0) is 0 Å². The highest BCUT2D eigenvalue weighted by molar-refractivity contribution is 9.10. The van der Waals surface area contributed by atoms with Crippen LogP contribution in [0, 0.1) is 10.3 Å². The van der Waals surface area contributed by atoms with Crippen molar-refractivity contribution in [3.63, 3.8) is 0 Å². The molecule has 0 amide bonds. The van der Waals surface area contributed by atoms with Crippen LogP contribution in [0.5, 0.6) is 0 Å². The highest BCUT2D eigenvalue weighted by atomic mass is 79.9. The maximum Gasteiger partial charge on any atom is 0.158 e. The molecule has 0 fully saturated rings. The van der Waals surface area contributed by atoms with Gasteiger partial charge < -0.3 is 4.98 Å². The average Bonchev–Trinajstić information content (AvgIpc) is 1.83. The summed E-state index contributed by atoms with van der Waals surface area (Å²) in [4.78, 5) is 2.58. The van der Waals surface area contributed by atoms with Gasteiger partial charge in [-0.25, -0.2) is 4.39 Å². The third-order valence-electron chi connectivity index (χ3n) is 0.854. The monoisotopic (exact) mass is 207 g/mol. The van der Waals surface area contributed by atoms with Crippen LogP contribution in [0.3, 0.4) is 0 Å². The number of hydrogen-bond acceptors (Lipinski definition) is 1. The Hall–Kier alpha value is -0.220. The van der Waals surface area contributed by atoms with Crippen molar-refractivity contribution in [1.82, 2.24) is 4.98 Å². The van der Waals surface area contributed by atoms with Gasteiger partial charge in [0.15, 0.2) is 5.82 Å². The quantitative estimate of drug-likeness (QED) is 0.648. The van der Waals surface area contributed by atoms with Crippen LogP contribution in [-0.4, -0.2) is 4.98 Å². The lowest BCUT2D eigenvalue weighted by Crippen LogP contribution is -1.78. The van der Waals surface area contributed by atoms with E-state index < -0.39 is 5.82 Å². The normalized spacial score (nSPS) is 9.56. The zero-order valence-corrected chi connectivity index (χ0v) is 6.72. The number of pyridine rings is 1. The van der Waals surface area contributed by atoms with Crippen molar-refractivity contribution in [2.75, 3.05) is 0 Å². The lowest BCUT2D eigenvalue weighted by atomic mass is 10.5. The summed E-state index contributed by atoms with van der Waals surface area (Å²) in [6.07, 6.45) is 2.80. The maximum absolute atomic E-state index is 12.4. The van der Waals surface area contributed by atoms with Crippen molar-refractivity contribution in [3.8, 4) is 0 Å². The van der Waals surface area contributed by atoms with E-state index in [2.05, 4.69) is 33.1 Å². The van der Waals surface area contributed by atoms with Crippen LogP contribution in [0.1, 0.15) is 0 Å². The SMILES string of the molecule is Fc1c[nH]cc(Br)c1=S. The van der Waals surface area contributed by atoms with E-state index >= 15 is 0 Å². The smallest absolute Gasteiger partial charge is 0.158 e. The largest absolute Gasteiger partial charge is 0.364 e. The lowest BCUT2D eigenvalue weighted by Gasteiger charge is -1.89. The molecule has 0 unspecified atom stereocenters. The fourth-order valence-electron chi connectivity index (χ4n) is 0.433. The fraction of sp³-hybridized carbons (Fsp3) is 0. The van der Waals surface area contributed by atoms with Crippen molar-refractivity contribution >= 4 is 28.1 Å². The molecule has 1 aromatic heterocycles. The van der Waals surface area contributed by atoms with E-state index in [4.69, 9.17) is 0 Å². The van der Waals surface area contributed by atoms with Crippen LogP contribution >= 0.6 is 28.1 Å². The van der Waals surface area contributed by atoms with Gasteiger partial charge in [-0.15, -0.1) is 0 Å². The number of hydrogen-bond donors (Lipinski definition) is 1. The molecule has 1 rings (SSSR count). The summed E-state index contributed by atoms with van der Waals surface area (Å²) in [5.41, 5.74) is 0. The van der Waals surface area contributed by atoms with Crippen molar-refractivity contribution in [1.29, 1.82) is 0 Å². The van der Waals surface area contributed by atoms with Gasteiger partial charge >= 0.3 is 0 Å². The Kier molecular flexibility index (Phi) is 1.97. The highest BCUT2D eigenvalue weighted by Gasteiger charge is 1.94. The number of aromatic amines is 1. The highest BCUT2D eigenvalue weighted by Crippen LogP contribution is 2.11. The Morgan fingerprint density at radius 2 is 2.22 bits per heavy atom. The van der Waals surface area contributed by atoms with Crippen molar-refractivity contribution < 1.29 is 4.39 Å². The van der Waals surface area contributed by atoms with Crippen molar-refractivity contribution in [2.24, 2.45) is 0 Å². The van der Waals surface area contributed by atoms with Crippen LogP contribution in [0.2, 0.25) is 0 Å². The summed E-state index contributed by atoms with van der Waals surface area (Å²) in [7, 11) is 0. The molecule has 0 radical (unpaired) electrons. The fourth-order valence-corrected chi connectivity index (χ4v) is 0.873. The molecule has 1 heterocycles. The standard InChI is InChI=1S/C5H3BrFNS/c6-3-1-8-2-4(7)5(3)9/h1-2H,(H,8,9). The molecule has 1 nitrogen and oxygen atoms in total. The summed E-state index contributed by atoms with van der Waals surface area (Å²) in [6, 6.07) is 0. The summed E-state index contributed by atoms with van der Waals surface area (Å²) in [6.45, 7) is 0. The third-order valence-corrected chi connectivity index (χ3v) is 2.16. The minimum Gasteiger partial charge on any atom is -0.364 e. The Labute approximate surface area is 65.0 Å². The molecule has 1 aromatic rings. The zero-order valence-electron chi connectivity index (χ0n) is 4.32. The van der Waals surface area contributed by atoms with E-state index in [1.807, 2.05) is 0 Å². The van der Waals surface area contributed by atoms with E-state index in [0.717, 1.165) is 0 Å². The van der Waals surface area contributed by atoms with Gasteiger partial charge in [0.05, 0.1) is 8.98 Å². The van der Waals surface area contributed by atoms with Crippen LogP contribution in [0.25, 0.3) is 0 Å². The molecule has 0 aromatic carbocycles. The third kappa shape index (κ3) is 1.37. The first kappa shape index (κ1) is 6.89. The second-order valence-corrected chi connectivity index (χ2v) is 2.74. The van der Waals surface area contributed by atoms with Gasteiger partial charge in [-0.1, -0.05) is 12.2 Å². The molecule has 48 valence electrons. The number of H-pyrrole nitrogens is 1. The molecule has 0 bridgehead atoms. The molecule has 0 aliphatic heterocycles. The van der Waals surface area contributed by atoms with E-state index in [1.54, 1.807) is 6.20 Å². The summed E-state index contributed by atoms with van der Waals surface area (Å²) < 4.78 is 13.2. The lowest BCUT2D eigenvalue weighted by molar-refractivity contribution is 0.616. The molecule has 0 atom stereocenters. The second kappa shape index (κ2) is 2.58. The molecular weight excluding hydrogens is 205 g/mol. The molecule has 9 heavy (non-hydrogen) atoms. The first-order valence-electron chi connectivity index (χ1n) is 2.24. The molecular formula is C5H3BrFNS. The van der Waals surface area contributed by atoms with E-state index in [0.29, 0.717) is 4.47 Å². The van der Waals surface area contributed by atoms with Gasteiger partial charge in [0, 0.05) is 12.4 Å². The van der Waals surface area contributed by atoms with Crippen LogP contribution in [0.4, 0.5) is 4.39 Å². The van der Waals surface area contributed by atoms with E-state index in [-0.39, 0.29) is 4.51 Å². The van der Waals surface area contributed by atoms with Crippen LogP contribution in [0.15, 0.2) is 16.9 Å². The Bertz CT molecular complexity index is 247. The van der Waals surface area contributed by atoms with E-state index in [9.17, 15) is 4.39 Å². The molecule has 0 spiro atoms. The summed E-state index contributed by atoms with van der Waals surface area (Å²) >= 11 is 7.72. The topological polar surface area (TPSA) is 15.8 Å². The first-order chi connectivity index (χ1) is 4.22. The Balaban J connectivity index is 3.43. The van der Waals surface area contributed by atoms with Gasteiger partial charge in [-0.2, -0.15) is 0 Å². The molecule has 1 N–H and O–H groups in total. The van der Waals surface area contributed by atoms with Gasteiger partial charge in [0.2, 0.25) is 0 Å². The summed E-state index contributed by atoms with van der Waals surface area (Å²) in [5, 5.41) is 0. The summed E-state index contributed by atoms with van der Waals surface area (Å²) in [5.74, 6) is -0.403. The van der Waals surface area contributed by atoms with Crippen molar-refractivity contribution in [3.05, 3.63) is 27.2 Å². The molecule has 0 saturated carbocycles. The van der Waals surface area contributed by atoms with Crippen molar-refractivity contribution in [2.45, 2.75) is 0 Å². The molecule has 4 heteroatoms. The molecule has 0 aliphatic carbocycles. The van der Waals surface area contributed by atoms with Crippen LogP contribution < -0.4 is 0 Å². The zero-order chi connectivity index (χ0) is 6.85. The predicted octanol–water partition coefficient (Wildman–Crippen LogP) is 2.65. The molecule has 0 saturated heterocycles. The predicted molar refractivity (Wildman–Crippen MR) is 39.3 cm³/mol. The average molecular weight is 208 g/mol. The number of rotatable bonds is 0. The Morgan fingerprint density at radius 3 is 2.67 bits per heavy atom. The molecule has 0 aliphatic rings. The number of nitrogens with one attached hydrogen (secondary N) is 1. The maximum atomic E-state index is 12.4. The van der Waals surface area contributed by atoms with Gasteiger partial charge in [-0.05, 0) is 15.9 Å².